The summed E-state index contributed by atoms with van der Waals surface area (Å²) < 4.78 is 0. The van der Waals surface area contributed by atoms with Crippen LogP contribution in [0.4, 0.5) is 0 Å². The van der Waals surface area contributed by atoms with Gasteiger partial charge in [0.2, 0.25) is 0 Å². The second-order valence-electron chi connectivity index (χ2n) is 7.13. The molecule has 2 saturated heterocycles. The zero-order valence-corrected chi connectivity index (χ0v) is 14.1. The van der Waals surface area contributed by atoms with Crippen LogP contribution >= 0.6 is 0 Å². The standard InChI is InChI=1S/C17H35N3/c1-5-9-18-14(2)11-15(3)20-13-17-8-6-7-10-19(17)12-16(20)4/h14-18H,5-13H2,1-4H3. The van der Waals surface area contributed by atoms with Crippen molar-refractivity contribution in [3.8, 4) is 0 Å². The first-order valence-corrected chi connectivity index (χ1v) is 8.85. The van der Waals surface area contributed by atoms with Gasteiger partial charge in [0.25, 0.3) is 0 Å². The van der Waals surface area contributed by atoms with Crippen LogP contribution in [0.1, 0.15) is 59.8 Å². The van der Waals surface area contributed by atoms with E-state index in [1.54, 1.807) is 0 Å². The molecule has 0 spiro atoms. The van der Waals surface area contributed by atoms with E-state index in [1.807, 2.05) is 0 Å². The molecule has 0 saturated carbocycles. The van der Waals surface area contributed by atoms with Crippen LogP contribution in [0.15, 0.2) is 0 Å². The van der Waals surface area contributed by atoms with E-state index in [2.05, 4.69) is 42.8 Å². The van der Waals surface area contributed by atoms with E-state index in [-0.39, 0.29) is 0 Å². The van der Waals surface area contributed by atoms with Gasteiger partial charge in [-0.2, -0.15) is 0 Å². The molecule has 118 valence electrons. The minimum absolute atomic E-state index is 0.640. The Morgan fingerprint density at radius 2 is 2.00 bits per heavy atom. The predicted molar refractivity (Wildman–Crippen MR) is 87.2 cm³/mol. The van der Waals surface area contributed by atoms with Crippen molar-refractivity contribution in [2.75, 3.05) is 26.2 Å². The molecule has 2 aliphatic rings. The normalized spacial score (nSPS) is 31.8. The van der Waals surface area contributed by atoms with Crippen molar-refractivity contribution < 1.29 is 0 Å². The molecule has 2 aliphatic heterocycles. The molecule has 2 rings (SSSR count). The summed E-state index contributed by atoms with van der Waals surface area (Å²) in [6.07, 6.45) is 6.77. The van der Waals surface area contributed by atoms with Gasteiger partial charge in [-0.15, -0.1) is 0 Å². The Kier molecular flexibility index (Phi) is 6.31. The Morgan fingerprint density at radius 1 is 1.20 bits per heavy atom. The summed E-state index contributed by atoms with van der Waals surface area (Å²) in [6, 6.07) is 2.90. The van der Waals surface area contributed by atoms with Crippen LogP contribution in [0.2, 0.25) is 0 Å². The minimum Gasteiger partial charge on any atom is -0.314 e. The topological polar surface area (TPSA) is 18.5 Å². The number of piperazine rings is 1. The van der Waals surface area contributed by atoms with Crippen molar-refractivity contribution in [1.29, 1.82) is 0 Å². The van der Waals surface area contributed by atoms with Crippen LogP contribution in [-0.2, 0) is 0 Å². The van der Waals surface area contributed by atoms with Gasteiger partial charge in [0.1, 0.15) is 0 Å². The highest BCUT2D eigenvalue weighted by Crippen LogP contribution is 2.26. The molecule has 3 heteroatoms. The number of piperidine rings is 1. The average Bonchev–Trinajstić information content (AvgIpc) is 2.44. The molecular formula is C17H35N3. The van der Waals surface area contributed by atoms with Crippen LogP contribution in [-0.4, -0.2) is 60.1 Å². The van der Waals surface area contributed by atoms with E-state index in [9.17, 15) is 0 Å². The zero-order chi connectivity index (χ0) is 14.5. The quantitative estimate of drug-likeness (QED) is 0.807. The summed E-state index contributed by atoms with van der Waals surface area (Å²) in [4.78, 5) is 5.52. The molecule has 0 bridgehead atoms. The Balaban J connectivity index is 1.83. The highest BCUT2D eigenvalue weighted by Gasteiger charge is 2.34. The smallest absolute Gasteiger partial charge is 0.0224 e. The maximum absolute atomic E-state index is 3.64. The third-order valence-electron chi connectivity index (χ3n) is 5.24. The highest BCUT2D eigenvalue weighted by molar-refractivity contribution is 4.91. The minimum atomic E-state index is 0.640. The third-order valence-corrected chi connectivity index (χ3v) is 5.24. The van der Waals surface area contributed by atoms with E-state index in [1.165, 1.54) is 51.7 Å². The Hall–Kier alpha value is -0.120. The predicted octanol–water partition coefficient (Wildman–Crippen LogP) is 2.71. The van der Waals surface area contributed by atoms with Gasteiger partial charge in [0.15, 0.2) is 0 Å². The number of hydrogen-bond donors (Lipinski definition) is 1. The highest BCUT2D eigenvalue weighted by atomic mass is 15.3. The molecule has 0 aromatic heterocycles. The van der Waals surface area contributed by atoms with Crippen molar-refractivity contribution in [3.05, 3.63) is 0 Å². The molecule has 0 amide bonds. The first-order valence-electron chi connectivity index (χ1n) is 8.85. The lowest BCUT2D eigenvalue weighted by molar-refractivity contribution is -0.00721. The van der Waals surface area contributed by atoms with Gasteiger partial charge >= 0.3 is 0 Å². The average molecular weight is 281 g/mol. The van der Waals surface area contributed by atoms with Gasteiger partial charge in [-0.3, -0.25) is 9.80 Å². The van der Waals surface area contributed by atoms with Gasteiger partial charge in [0.05, 0.1) is 0 Å². The number of hydrogen-bond acceptors (Lipinski definition) is 3. The van der Waals surface area contributed by atoms with Gasteiger partial charge in [0, 0.05) is 37.3 Å². The summed E-state index contributed by atoms with van der Waals surface area (Å²) in [6.45, 7) is 14.5. The van der Waals surface area contributed by atoms with E-state index in [0.717, 1.165) is 18.6 Å². The molecule has 0 radical (unpaired) electrons. The fourth-order valence-corrected chi connectivity index (χ4v) is 4.11. The zero-order valence-electron chi connectivity index (χ0n) is 14.1. The van der Waals surface area contributed by atoms with Crippen molar-refractivity contribution in [1.82, 2.24) is 15.1 Å². The lowest BCUT2D eigenvalue weighted by Crippen LogP contribution is -2.61. The molecule has 0 aliphatic carbocycles. The fraction of sp³-hybridized carbons (Fsp3) is 1.00. The largest absolute Gasteiger partial charge is 0.314 e. The second kappa shape index (κ2) is 7.77. The van der Waals surface area contributed by atoms with Crippen LogP contribution in [0.5, 0.6) is 0 Å². The van der Waals surface area contributed by atoms with E-state index in [4.69, 9.17) is 0 Å². The third kappa shape index (κ3) is 4.19. The molecule has 2 heterocycles. The van der Waals surface area contributed by atoms with Crippen LogP contribution in [0, 0.1) is 0 Å². The van der Waals surface area contributed by atoms with Crippen molar-refractivity contribution in [3.63, 3.8) is 0 Å². The van der Waals surface area contributed by atoms with Crippen LogP contribution in [0.3, 0.4) is 0 Å². The maximum Gasteiger partial charge on any atom is 0.0224 e. The van der Waals surface area contributed by atoms with Gasteiger partial charge in [-0.25, -0.2) is 0 Å². The molecular weight excluding hydrogens is 246 g/mol. The van der Waals surface area contributed by atoms with E-state index < -0.39 is 0 Å². The van der Waals surface area contributed by atoms with Crippen molar-refractivity contribution in [2.24, 2.45) is 0 Å². The van der Waals surface area contributed by atoms with Crippen LogP contribution in [0.25, 0.3) is 0 Å². The summed E-state index contributed by atoms with van der Waals surface area (Å²) >= 11 is 0. The first-order chi connectivity index (χ1) is 9.61. The SMILES string of the molecule is CCCNC(C)CC(C)N1CC2CCCCN2CC1C. The summed E-state index contributed by atoms with van der Waals surface area (Å²) in [5.41, 5.74) is 0. The number of rotatable bonds is 6. The Labute approximate surface area is 126 Å². The summed E-state index contributed by atoms with van der Waals surface area (Å²) in [5, 5.41) is 3.64. The fourth-order valence-electron chi connectivity index (χ4n) is 4.11. The molecule has 2 fully saturated rings. The Morgan fingerprint density at radius 3 is 2.75 bits per heavy atom. The van der Waals surface area contributed by atoms with E-state index in [0.29, 0.717) is 12.1 Å². The second-order valence-corrected chi connectivity index (χ2v) is 7.13. The molecule has 3 nitrogen and oxygen atoms in total. The van der Waals surface area contributed by atoms with Gasteiger partial charge < -0.3 is 5.32 Å². The van der Waals surface area contributed by atoms with E-state index >= 15 is 0 Å². The summed E-state index contributed by atoms with van der Waals surface area (Å²) in [5.74, 6) is 0. The first kappa shape index (κ1) is 16.3. The molecule has 4 unspecified atom stereocenters. The number of nitrogens with zero attached hydrogens (tertiary/aromatic N) is 2. The molecule has 1 N–H and O–H groups in total. The lowest BCUT2D eigenvalue weighted by atomic mass is 9.95. The number of fused-ring (bicyclic) bond motifs is 1. The van der Waals surface area contributed by atoms with Crippen molar-refractivity contribution in [2.45, 2.75) is 84.0 Å². The maximum atomic E-state index is 3.64. The Bertz CT molecular complexity index is 281. The van der Waals surface area contributed by atoms with Gasteiger partial charge in [-0.1, -0.05) is 13.3 Å². The number of nitrogens with one attached hydrogen (secondary N) is 1. The molecule has 0 aromatic rings. The molecule has 0 aromatic carbocycles. The van der Waals surface area contributed by atoms with Gasteiger partial charge in [-0.05, 0) is 59.5 Å². The lowest BCUT2D eigenvalue weighted by Gasteiger charge is -2.49. The molecule has 20 heavy (non-hydrogen) atoms. The molecule has 4 atom stereocenters. The summed E-state index contributed by atoms with van der Waals surface area (Å²) in [7, 11) is 0. The van der Waals surface area contributed by atoms with Crippen LogP contribution < -0.4 is 5.32 Å². The monoisotopic (exact) mass is 281 g/mol. The van der Waals surface area contributed by atoms with Crippen molar-refractivity contribution >= 4 is 0 Å².